The van der Waals surface area contributed by atoms with E-state index in [2.05, 4.69) is 114 Å². The molecule has 0 fully saturated rings. The number of furan rings is 1. The number of fused-ring (bicyclic) bond motifs is 6. The van der Waals surface area contributed by atoms with Gasteiger partial charge in [-0.15, -0.1) is 0 Å². The Morgan fingerprint density at radius 1 is 0.340 bits per heavy atom. The first-order chi connectivity index (χ1) is 24.8. The number of hydrogen-bond acceptors (Lipinski definition) is 4. The smallest absolute Gasteiger partial charge is 0.164 e. The van der Waals surface area contributed by atoms with Crippen LogP contribution in [0.4, 0.5) is 0 Å². The quantitative estimate of drug-likeness (QED) is 0.188. The molecule has 0 saturated carbocycles. The van der Waals surface area contributed by atoms with Gasteiger partial charge in [0.25, 0.3) is 0 Å². The van der Waals surface area contributed by atoms with Gasteiger partial charge in [0.1, 0.15) is 11.2 Å². The molecule has 0 radical (unpaired) electrons. The van der Waals surface area contributed by atoms with Gasteiger partial charge in [0, 0.05) is 43.9 Å². The maximum absolute atomic E-state index is 6.10. The molecular formula is C45H28N4O. The summed E-state index contributed by atoms with van der Waals surface area (Å²) in [5.41, 5.74) is 10.3. The Kier molecular flexibility index (Phi) is 6.42. The van der Waals surface area contributed by atoms with Crippen molar-refractivity contribution in [3.05, 3.63) is 170 Å². The highest BCUT2D eigenvalue weighted by molar-refractivity contribution is 6.10. The number of rotatable bonds is 5. The minimum Gasteiger partial charge on any atom is -0.456 e. The fraction of sp³-hybridized carbons (Fsp3) is 0. The molecule has 0 atom stereocenters. The summed E-state index contributed by atoms with van der Waals surface area (Å²) in [6.45, 7) is 0. The second kappa shape index (κ2) is 11.4. The van der Waals surface area contributed by atoms with E-state index >= 15 is 0 Å². The van der Waals surface area contributed by atoms with Gasteiger partial charge in [0.05, 0.1) is 11.0 Å². The molecule has 50 heavy (non-hydrogen) atoms. The van der Waals surface area contributed by atoms with Crippen molar-refractivity contribution < 1.29 is 4.42 Å². The summed E-state index contributed by atoms with van der Waals surface area (Å²) in [5, 5.41) is 4.55. The molecule has 10 rings (SSSR count). The van der Waals surface area contributed by atoms with Crippen LogP contribution in [-0.2, 0) is 0 Å². The molecule has 5 nitrogen and oxygen atoms in total. The molecule has 0 saturated heterocycles. The van der Waals surface area contributed by atoms with Crippen molar-refractivity contribution >= 4 is 43.7 Å². The van der Waals surface area contributed by atoms with Crippen LogP contribution in [0.5, 0.6) is 0 Å². The van der Waals surface area contributed by atoms with E-state index in [0.717, 1.165) is 55.3 Å². The van der Waals surface area contributed by atoms with Gasteiger partial charge in [-0.3, -0.25) is 0 Å². The second-order valence-electron chi connectivity index (χ2n) is 12.5. The van der Waals surface area contributed by atoms with Gasteiger partial charge in [-0.25, -0.2) is 15.0 Å². The maximum Gasteiger partial charge on any atom is 0.164 e. The first-order valence-electron chi connectivity index (χ1n) is 16.7. The topological polar surface area (TPSA) is 56.7 Å². The molecule has 0 bridgehead atoms. The van der Waals surface area contributed by atoms with Gasteiger partial charge in [0.15, 0.2) is 17.5 Å². The van der Waals surface area contributed by atoms with Gasteiger partial charge in [0.2, 0.25) is 0 Å². The number of benzene rings is 7. The third-order valence-corrected chi connectivity index (χ3v) is 9.47. The van der Waals surface area contributed by atoms with Gasteiger partial charge < -0.3 is 8.98 Å². The summed E-state index contributed by atoms with van der Waals surface area (Å²) < 4.78 is 8.43. The molecule has 0 aliphatic carbocycles. The molecule has 10 aromatic rings. The molecule has 0 amide bonds. The predicted molar refractivity (Wildman–Crippen MR) is 203 cm³/mol. The minimum absolute atomic E-state index is 0.613. The molecule has 3 heterocycles. The molecule has 5 heteroatoms. The average Bonchev–Trinajstić information content (AvgIpc) is 3.73. The van der Waals surface area contributed by atoms with E-state index in [4.69, 9.17) is 19.4 Å². The van der Waals surface area contributed by atoms with Crippen molar-refractivity contribution in [3.8, 4) is 51.0 Å². The first-order valence-corrected chi connectivity index (χ1v) is 16.7. The van der Waals surface area contributed by atoms with Crippen LogP contribution in [0.15, 0.2) is 174 Å². The van der Waals surface area contributed by atoms with Gasteiger partial charge in [-0.2, -0.15) is 0 Å². The van der Waals surface area contributed by atoms with E-state index in [1.54, 1.807) is 0 Å². The van der Waals surface area contributed by atoms with E-state index in [9.17, 15) is 0 Å². The zero-order chi connectivity index (χ0) is 33.0. The summed E-state index contributed by atoms with van der Waals surface area (Å²) >= 11 is 0. The maximum atomic E-state index is 6.10. The predicted octanol–water partition coefficient (Wildman–Crippen LogP) is 11.5. The molecule has 3 aromatic heterocycles. The fourth-order valence-corrected chi connectivity index (χ4v) is 7.04. The number of hydrogen-bond donors (Lipinski definition) is 0. The molecule has 0 N–H and O–H groups in total. The Balaban J connectivity index is 1.09. The highest BCUT2D eigenvalue weighted by Crippen LogP contribution is 2.36. The van der Waals surface area contributed by atoms with Gasteiger partial charge >= 0.3 is 0 Å². The molecular weight excluding hydrogens is 613 g/mol. The number of nitrogens with zero attached hydrogens (tertiary/aromatic N) is 4. The molecule has 0 spiro atoms. The Morgan fingerprint density at radius 3 is 1.62 bits per heavy atom. The molecule has 0 unspecified atom stereocenters. The zero-order valence-corrected chi connectivity index (χ0v) is 26.9. The summed E-state index contributed by atoms with van der Waals surface area (Å²) in [6, 6.07) is 58.7. The van der Waals surface area contributed by atoms with Crippen molar-refractivity contribution in [2.75, 3.05) is 0 Å². The summed E-state index contributed by atoms with van der Waals surface area (Å²) in [5.74, 6) is 1.86. The van der Waals surface area contributed by atoms with Crippen molar-refractivity contribution in [2.45, 2.75) is 0 Å². The lowest BCUT2D eigenvalue weighted by molar-refractivity contribution is 0.669. The SMILES string of the molecule is c1ccc(-c2ccc3c(c2)c2ccccc2n3-c2ccc(-c3nc(-c4ccccc4)nc(-c4ccc5oc6ccccc6c5c4)n3)cc2)cc1. The van der Waals surface area contributed by atoms with E-state index in [1.165, 1.54) is 21.9 Å². The lowest BCUT2D eigenvalue weighted by Gasteiger charge is -2.11. The fourth-order valence-electron chi connectivity index (χ4n) is 7.04. The Labute approximate surface area is 287 Å². The first kappa shape index (κ1) is 28.2. The van der Waals surface area contributed by atoms with E-state index in [0.29, 0.717) is 17.5 Å². The molecule has 7 aromatic carbocycles. The normalized spacial score (nSPS) is 11.6. The third kappa shape index (κ3) is 4.67. The Hall–Kier alpha value is -6.85. The van der Waals surface area contributed by atoms with Crippen LogP contribution in [0, 0.1) is 0 Å². The van der Waals surface area contributed by atoms with Crippen molar-refractivity contribution in [2.24, 2.45) is 0 Å². The minimum atomic E-state index is 0.613. The second-order valence-corrected chi connectivity index (χ2v) is 12.5. The molecule has 0 aliphatic rings. The van der Waals surface area contributed by atoms with Gasteiger partial charge in [-0.1, -0.05) is 103 Å². The number of para-hydroxylation sites is 2. The van der Waals surface area contributed by atoms with Crippen LogP contribution in [0.2, 0.25) is 0 Å². The van der Waals surface area contributed by atoms with Crippen LogP contribution >= 0.6 is 0 Å². The van der Waals surface area contributed by atoms with Crippen molar-refractivity contribution in [1.29, 1.82) is 0 Å². The highest BCUT2D eigenvalue weighted by atomic mass is 16.3. The highest BCUT2D eigenvalue weighted by Gasteiger charge is 2.16. The van der Waals surface area contributed by atoms with E-state index in [-0.39, 0.29) is 0 Å². The van der Waals surface area contributed by atoms with E-state index in [1.807, 2.05) is 60.7 Å². The monoisotopic (exact) mass is 640 g/mol. The van der Waals surface area contributed by atoms with E-state index < -0.39 is 0 Å². The van der Waals surface area contributed by atoms with Crippen LogP contribution < -0.4 is 0 Å². The molecule has 0 aliphatic heterocycles. The lowest BCUT2D eigenvalue weighted by Crippen LogP contribution is -2.00. The van der Waals surface area contributed by atoms with Crippen LogP contribution in [0.3, 0.4) is 0 Å². The summed E-state index contributed by atoms with van der Waals surface area (Å²) in [6.07, 6.45) is 0. The van der Waals surface area contributed by atoms with Crippen LogP contribution in [-0.4, -0.2) is 19.5 Å². The van der Waals surface area contributed by atoms with Crippen molar-refractivity contribution in [1.82, 2.24) is 19.5 Å². The summed E-state index contributed by atoms with van der Waals surface area (Å²) in [7, 11) is 0. The zero-order valence-electron chi connectivity index (χ0n) is 26.9. The van der Waals surface area contributed by atoms with Gasteiger partial charge in [-0.05, 0) is 77.9 Å². The van der Waals surface area contributed by atoms with Crippen LogP contribution in [0.25, 0.3) is 94.7 Å². The van der Waals surface area contributed by atoms with Crippen molar-refractivity contribution in [3.63, 3.8) is 0 Å². The Bertz CT molecular complexity index is 2850. The van der Waals surface area contributed by atoms with Crippen LogP contribution in [0.1, 0.15) is 0 Å². The standard InChI is InChI=1S/C45H28N4O/c1-3-11-29(12-4-1)32-21-25-40-37(27-32)35-15-7-9-17-39(35)49(40)34-23-19-31(20-24-34)44-46-43(30-13-5-2-6-14-30)47-45(48-44)33-22-26-42-38(28-33)36-16-8-10-18-41(36)50-42/h1-28H. The molecule has 234 valence electrons. The third-order valence-electron chi connectivity index (χ3n) is 9.47. The largest absolute Gasteiger partial charge is 0.456 e. The lowest BCUT2D eigenvalue weighted by atomic mass is 10.0. The summed E-state index contributed by atoms with van der Waals surface area (Å²) in [4.78, 5) is 15.0. The number of aromatic nitrogens is 4. The Morgan fingerprint density at radius 2 is 0.860 bits per heavy atom. The average molecular weight is 641 g/mol.